The number of piperidine rings is 1. The Kier molecular flexibility index (Phi) is 5.03. The van der Waals surface area contributed by atoms with Crippen molar-refractivity contribution in [1.29, 1.82) is 0 Å². The number of hydrogen-bond acceptors (Lipinski definition) is 2. The van der Waals surface area contributed by atoms with Gasteiger partial charge in [-0.1, -0.05) is 32.9 Å². The van der Waals surface area contributed by atoms with E-state index in [0.29, 0.717) is 11.8 Å². The van der Waals surface area contributed by atoms with E-state index in [0.717, 1.165) is 37.2 Å². The maximum Gasteiger partial charge on any atom is 0.146 e. The maximum absolute atomic E-state index is 14.4. The zero-order valence-corrected chi connectivity index (χ0v) is 12.9. The lowest BCUT2D eigenvalue weighted by Crippen LogP contribution is -2.40. The van der Waals surface area contributed by atoms with E-state index in [1.54, 1.807) is 12.1 Å². The lowest BCUT2D eigenvalue weighted by molar-refractivity contribution is 0.354. The van der Waals surface area contributed by atoms with Crippen LogP contribution in [0, 0.1) is 17.7 Å². The van der Waals surface area contributed by atoms with Crippen LogP contribution in [0.2, 0.25) is 0 Å². The molecule has 0 amide bonds. The molecule has 1 aliphatic rings. The molecule has 2 nitrogen and oxygen atoms in total. The number of rotatable bonds is 4. The Morgan fingerprint density at radius 3 is 2.55 bits per heavy atom. The second-order valence-electron chi connectivity index (χ2n) is 6.47. The van der Waals surface area contributed by atoms with Crippen molar-refractivity contribution in [1.82, 2.24) is 0 Å². The summed E-state index contributed by atoms with van der Waals surface area (Å²) in [4.78, 5) is 2.23. The summed E-state index contributed by atoms with van der Waals surface area (Å²) < 4.78 is 14.4. The minimum Gasteiger partial charge on any atom is -0.368 e. The summed E-state index contributed by atoms with van der Waals surface area (Å²) >= 11 is 0. The highest BCUT2D eigenvalue weighted by atomic mass is 19.1. The van der Waals surface area contributed by atoms with Gasteiger partial charge < -0.3 is 10.6 Å². The van der Waals surface area contributed by atoms with Crippen molar-refractivity contribution in [3.05, 3.63) is 29.6 Å². The first kappa shape index (κ1) is 15.3. The SMILES string of the molecule is CCC(N)Cc1cccc(F)c1N1CC(C)CC(C)C1. The van der Waals surface area contributed by atoms with E-state index in [1.165, 1.54) is 6.42 Å². The molecule has 1 aliphatic heterocycles. The third kappa shape index (κ3) is 3.51. The summed E-state index contributed by atoms with van der Waals surface area (Å²) in [6.45, 7) is 8.47. The van der Waals surface area contributed by atoms with Gasteiger partial charge in [-0.15, -0.1) is 0 Å². The highest BCUT2D eigenvalue weighted by Crippen LogP contribution is 2.31. The molecule has 20 heavy (non-hydrogen) atoms. The quantitative estimate of drug-likeness (QED) is 0.912. The van der Waals surface area contributed by atoms with Crippen molar-refractivity contribution >= 4 is 5.69 Å². The van der Waals surface area contributed by atoms with Gasteiger partial charge in [0.2, 0.25) is 0 Å². The number of para-hydroxylation sites is 1. The van der Waals surface area contributed by atoms with Crippen molar-refractivity contribution in [2.24, 2.45) is 17.6 Å². The molecule has 1 fully saturated rings. The molecule has 2 N–H and O–H groups in total. The van der Waals surface area contributed by atoms with Crippen LogP contribution in [0.25, 0.3) is 0 Å². The van der Waals surface area contributed by atoms with Crippen molar-refractivity contribution in [2.45, 2.75) is 46.1 Å². The number of benzene rings is 1. The summed E-state index contributed by atoms with van der Waals surface area (Å²) in [5, 5.41) is 0. The number of hydrogen-bond donors (Lipinski definition) is 1. The Balaban J connectivity index is 2.29. The summed E-state index contributed by atoms with van der Waals surface area (Å²) in [7, 11) is 0. The number of anilines is 1. The molecule has 0 bridgehead atoms. The first-order chi connectivity index (χ1) is 9.51. The Morgan fingerprint density at radius 2 is 1.95 bits per heavy atom. The van der Waals surface area contributed by atoms with Crippen LogP contribution in [-0.2, 0) is 6.42 Å². The number of nitrogens with two attached hydrogens (primary N) is 1. The van der Waals surface area contributed by atoms with Gasteiger partial charge in [0.05, 0.1) is 5.69 Å². The van der Waals surface area contributed by atoms with Gasteiger partial charge in [0.15, 0.2) is 0 Å². The fourth-order valence-electron chi connectivity index (χ4n) is 3.35. The number of nitrogens with zero attached hydrogens (tertiary/aromatic N) is 1. The molecule has 1 saturated heterocycles. The number of halogens is 1. The lowest BCUT2D eigenvalue weighted by atomic mass is 9.90. The zero-order valence-electron chi connectivity index (χ0n) is 12.9. The summed E-state index contributed by atoms with van der Waals surface area (Å²) in [6.07, 6.45) is 2.90. The molecule has 2 rings (SSSR count). The van der Waals surface area contributed by atoms with E-state index in [1.807, 2.05) is 6.07 Å². The standard InChI is InChI=1S/C17H27FN2/c1-4-15(19)9-14-6-5-7-16(18)17(14)20-10-12(2)8-13(3)11-20/h5-7,12-13,15H,4,8-11,19H2,1-3H3. The molecule has 0 radical (unpaired) electrons. The molecule has 3 unspecified atom stereocenters. The first-order valence-electron chi connectivity index (χ1n) is 7.79. The molecule has 0 saturated carbocycles. The fourth-order valence-corrected chi connectivity index (χ4v) is 3.35. The van der Waals surface area contributed by atoms with Gasteiger partial charge >= 0.3 is 0 Å². The molecule has 3 atom stereocenters. The molecule has 3 heteroatoms. The van der Waals surface area contributed by atoms with Gasteiger partial charge in [-0.2, -0.15) is 0 Å². The van der Waals surface area contributed by atoms with Gasteiger partial charge in [-0.3, -0.25) is 0 Å². The van der Waals surface area contributed by atoms with Gasteiger partial charge in [0.1, 0.15) is 5.82 Å². The van der Waals surface area contributed by atoms with E-state index in [2.05, 4.69) is 25.7 Å². The second-order valence-corrected chi connectivity index (χ2v) is 6.47. The summed E-state index contributed by atoms with van der Waals surface area (Å²) in [5.74, 6) is 1.13. The van der Waals surface area contributed by atoms with Crippen molar-refractivity contribution < 1.29 is 4.39 Å². The molecule has 0 aliphatic carbocycles. The molecule has 1 aromatic rings. The fraction of sp³-hybridized carbons (Fsp3) is 0.647. The summed E-state index contributed by atoms with van der Waals surface area (Å²) in [5.41, 5.74) is 7.91. The average molecular weight is 278 g/mol. The van der Waals surface area contributed by atoms with E-state index >= 15 is 0 Å². The van der Waals surface area contributed by atoms with Gasteiger partial charge in [-0.05, 0) is 42.7 Å². The van der Waals surface area contributed by atoms with Crippen LogP contribution in [-0.4, -0.2) is 19.1 Å². The Labute approximate surface area is 122 Å². The maximum atomic E-state index is 14.4. The largest absolute Gasteiger partial charge is 0.368 e. The van der Waals surface area contributed by atoms with Gasteiger partial charge in [0.25, 0.3) is 0 Å². The Hall–Kier alpha value is -1.09. The normalized spacial score (nSPS) is 24.8. The van der Waals surface area contributed by atoms with Crippen molar-refractivity contribution in [3.63, 3.8) is 0 Å². The van der Waals surface area contributed by atoms with Gasteiger partial charge in [-0.25, -0.2) is 4.39 Å². The predicted octanol–water partition coefficient (Wildman–Crippen LogP) is 3.59. The highest BCUT2D eigenvalue weighted by molar-refractivity contribution is 5.55. The zero-order chi connectivity index (χ0) is 14.7. The van der Waals surface area contributed by atoms with E-state index < -0.39 is 0 Å². The van der Waals surface area contributed by atoms with E-state index in [4.69, 9.17) is 5.73 Å². The monoisotopic (exact) mass is 278 g/mol. The predicted molar refractivity (Wildman–Crippen MR) is 83.5 cm³/mol. The topological polar surface area (TPSA) is 29.3 Å². The van der Waals surface area contributed by atoms with Crippen LogP contribution in [0.5, 0.6) is 0 Å². The average Bonchev–Trinajstić information content (AvgIpc) is 2.37. The molecule has 1 aromatic carbocycles. The molecular weight excluding hydrogens is 251 g/mol. The van der Waals surface area contributed by atoms with Crippen LogP contribution < -0.4 is 10.6 Å². The second kappa shape index (κ2) is 6.57. The highest BCUT2D eigenvalue weighted by Gasteiger charge is 2.25. The van der Waals surface area contributed by atoms with Crippen LogP contribution in [0.3, 0.4) is 0 Å². The minimum absolute atomic E-state index is 0.105. The van der Waals surface area contributed by atoms with E-state index in [-0.39, 0.29) is 11.9 Å². The van der Waals surface area contributed by atoms with Crippen LogP contribution >= 0.6 is 0 Å². The minimum atomic E-state index is -0.105. The third-order valence-electron chi connectivity index (χ3n) is 4.26. The Morgan fingerprint density at radius 1 is 1.30 bits per heavy atom. The smallest absolute Gasteiger partial charge is 0.146 e. The van der Waals surface area contributed by atoms with Crippen molar-refractivity contribution in [3.8, 4) is 0 Å². The molecule has 112 valence electrons. The molecule has 0 spiro atoms. The Bertz CT molecular complexity index is 437. The molecular formula is C17H27FN2. The summed E-state index contributed by atoms with van der Waals surface area (Å²) in [6, 6.07) is 5.50. The van der Waals surface area contributed by atoms with Crippen molar-refractivity contribution in [2.75, 3.05) is 18.0 Å². The molecule has 1 heterocycles. The van der Waals surface area contributed by atoms with E-state index in [9.17, 15) is 4.39 Å². The molecule has 0 aromatic heterocycles. The van der Waals surface area contributed by atoms with Crippen LogP contribution in [0.15, 0.2) is 18.2 Å². The third-order valence-corrected chi connectivity index (χ3v) is 4.26. The van der Waals surface area contributed by atoms with Crippen LogP contribution in [0.4, 0.5) is 10.1 Å². The first-order valence-corrected chi connectivity index (χ1v) is 7.79. The van der Waals surface area contributed by atoms with Crippen LogP contribution in [0.1, 0.15) is 39.2 Å². The van der Waals surface area contributed by atoms with Gasteiger partial charge in [0, 0.05) is 19.1 Å². The lowest BCUT2D eigenvalue weighted by Gasteiger charge is -2.38.